The average molecular weight is 225 g/mol. The van der Waals surface area contributed by atoms with E-state index in [4.69, 9.17) is 5.73 Å². The lowest BCUT2D eigenvalue weighted by molar-refractivity contribution is 0.1000. The number of amides is 1. The first-order valence-corrected chi connectivity index (χ1v) is 5.16. The zero-order valence-corrected chi connectivity index (χ0v) is 9.09. The molecule has 3 heteroatoms. The topological polar surface area (TPSA) is 60.2 Å². The molecule has 0 aliphatic heterocycles. The highest BCUT2D eigenvalue weighted by Crippen LogP contribution is 2.19. The van der Waals surface area contributed by atoms with Gasteiger partial charge in [0.05, 0.1) is 0 Å². The monoisotopic (exact) mass is 225 g/mol. The molecule has 2 aromatic carbocycles. The standard InChI is InChI=1S/C14H11NO2/c15-14(17)13-7-5-12(6-8-13)11-3-1-10(9-16)2-4-11/h1-9H,(H2,15,17). The highest BCUT2D eigenvalue weighted by molar-refractivity contribution is 5.93. The molecular formula is C14H11NO2. The van der Waals surface area contributed by atoms with Crippen LogP contribution in [0.1, 0.15) is 20.7 Å². The normalized spacial score (nSPS) is 9.88. The Morgan fingerprint density at radius 2 is 1.35 bits per heavy atom. The molecule has 0 aromatic heterocycles. The number of aldehydes is 1. The maximum atomic E-state index is 10.9. The number of benzene rings is 2. The maximum absolute atomic E-state index is 10.9. The van der Waals surface area contributed by atoms with Gasteiger partial charge in [-0.05, 0) is 23.3 Å². The Hall–Kier alpha value is -2.42. The quantitative estimate of drug-likeness (QED) is 0.814. The molecule has 2 rings (SSSR count). The summed E-state index contributed by atoms with van der Waals surface area (Å²) in [6.45, 7) is 0. The average Bonchev–Trinajstić information content (AvgIpc) is 2.39. The smallest absolute Gasteiger partial charge is 0.248 e. The van der Waals surface area contributed by atoms with Crippen LogP contribution in [0, 0.1) is 0 Å². The predicted molar refractivity (Wildman–Crippen MR) is 65.8 cm³/mol. The molecule has 0 aliphatic carbocycles. The second-order valence-electron chi connectivity index (χ2n) is 3.68. The van der Waals surface area contributed by atoms with E-state index in [1.165, 1.54) is 0 Å². The molecule has 84 valence electrons. The molecule has 0 heterocycles. The summed E-state index contributed by atoms with van der Waals surface area (Å²) in [7, 11) is 0. The number of primary amides is 1. The largest absolute Gasteiger partial charge is 0.366 e. The lowest BCUT2D eigenvalue weighted by Crippen LogP contribution is -2.10. The van der Waals surface area contributed by atoms with E-state index in [1.54, 1.807) is 24.3 Å². The molecule has 17 heavy (non-hydrogen) atoms. The molecule has 0 spiro atoms. The number of nitrogens with two attached hydrogens (primary N) is 1. The van der Waals surface area contributed by atoms with Crippen molar-refractivity contribution >= 4 is 12.2 Å². The Bertz CT molecular complexity index is 541. The minimum Gasteiger partial charge on any atom is -0.366 e. The fourth-order valence-electron chi connectivity index (χ4n) is 1.58. The number of carbonyl (C=O) groups is 2. The van der Waals surface area contributed by atoms with Crippen LogP contribution in [0.3, 0.4) is 0 Å². The molecule has 0 aliphatic rings. The first kappa shape index (κ1) is 11.1. The Kier molecular flexibility index (Phi) is 3.01. The van der Waals surface area contributed by atoms with Crippen molar-refractivity contribution in [2.24, 2.45) is 5.73 Å². The van der Waals surface area contributed by atoms with Gasteiger partial charge in [0, 0.05) is 11.1 Å². The number of rotatable bonds is 3. The molecule has 3 nitrogen and oxygen atoms in total. The van der Waals surface area contributed by atoms with Crippen LogP contribution in [-0.4, -0.2) is 12.2 Å². The molecule has 2 aromatic rings. The summed E-state index contributed by atoms with van der Waals surface area (Å²) in [6, 6.07) is 14.3. The van der Waals surface area contributed by atoms with Crippen LogP contribution in [-0.2, 0) is 0 Å². The van der Waals surface area contributed by atoms with E-state index in [0.29, 0.717) is 11.1 Å². The first-order valence-electron chi connectivity index (χ1n) is 5.16. The third kappa shape index (κ3) is 2.39. The second-order valence-corrected chi connectivity index (χ2v) is 3.68. The summed E-state index contributed by atoms with van der Waals surface area (Å²) in [5.74, 6) is -0.437. The second kappa shape index (κ2) is 4.61. The van der Waals surface area contributed by atoms with Crippen LogP contribution in [0.5, 0.6) is 0 Å². The summed E-state index contributed by atoms with van der Waals surface area (Å²) in [4.78, 5) is 21.4. The molecule has 1 amide bonds. The van der Waals surface area contributed by atoms with Crippen LogP contribution < -0.4 is 5.73 Å². The fraction of sp³-hybridized carbons (Fsp3) is 0. The van der Waals surface area contributed by atoms with Crippen molar-refractivity contribution < 1.29 is 9.59 Å². The third-order valence-corrected chi connectivity index (χ3v) is 2.55. The Morgan fingerprint density at radius 3 is 1.76 bits per heavy atom. The molecular weight excluding hydrogens is 214 g/mol. The minimum absolute atomic E-state index is 0.437. The molecule has 0 fully saturated rings. The minimum atomic E-state index is -0.437. The highest BCUT2D eigenvalue weighted by Gasteiger charge is 2.01. The number of hydrogen-bond acceptors (Lipinski definition) is 2. The summed E-state index contributed by atoms with van der Waals surface area (Å²) in [5, 5.41) is 0. The van der Waals surface area contributed by atoms with Gasteiger partial charge in [0.25, 0.3) is 0 Å². The van der Waals surface area contributed by atoms with E-state index in [1.807, 2.05) is 24.3 Å². The van der Waals surface area contributed by atoms with Crippen molar-refractivity contribution in [3.8, 4) is 11.1 Å². The molecule has 0 saturated heterocycles. The van der Waals surface area contributed by atoms with Crippen LogP contribution in [0.2, 0.25) is 0 Å². The van der Waals surface area contributed by atoms with E-state index < -0.39 is 5.91 Å². The van der Waals surface area contributed by atoms with E-state index >= 15 is 0 Å². The zero-order valence-electron chi connectivity index (χ0n) is 9.09. The summed E-state index contributed by atoms with van der Waals surface area (Å²) >= 11 is 0. The van der Waals surface area contributed by atoms with Gasteiger partial charge < -0.3 is 5.73 Å². The highest BCUT2D eigenvalue weighted by atomic mass is 16.1. The molecule has 2 N–H and O–H groups in total. The zero-order chi connectivity index (χ0) is 12.3. The van der Waals surface area contributed by atoms with Crippen molar-refractivity contribution in [2.45, 2.75) is 0 Å². The number of hydrogen-bond donors (Lipinski definition) is 1. The number of carbonyl (C=O) groups excluding carboxylic acids is 2. The summed E-state index contributed by atoms with van der Waals surface area (Å²) < 4.78 is 0. The van der Waals surface area contributed by atoms with Crippen molar-refractivity contribution in [2.75, 3.05) is 0 Å². The predicted octanol–water partition coefficient (Wildman–Crippen LogP) is 2.27. The van der Waals surface area contributed by atoms with Crippen molar-refractivity contribution in [1.82, 2.24) is 0 Å². The third-order valence-electron chi connectivity index (χ3n) is 2.55. The molecule has 0 bridgehead atoms. The van der Waals surface area contributed by atoms with Gasteiger partial charge in [-0.1, -0.05) is 36.4 Å². The van der Waals surface area contributed by atoms with E-state index in [0.717, 1.165) is 17.4 Å². The lowest BCUT2D eigenvalue weighted by Gasteiger charge is -2.02. The lowest BCUT2D eigenvalue weighted by atomic mass is 10.0. The van der Waals surface area contributed by atoms with Gasteiger partial charge in [0.1, 0.15) is 6.29 Å². The van der Waals surface area contributed by atoms with Crippen LogP contribution in [0.25, 0.3) is 11.1 Å². The summed E-state index contributed by atoms with van der Waals surface area (Å²) in [6.07, 6.45) is 0.806. The molecule has 0 atom stereocenters. The van der Waals surface area contributed by atoms with Gasteiger partial charge in [-0.25, -0.2) is 0 Å². The van der Waals surface area contributed by atoms with E-state index in [2.05, 4.69) is 0 Å². The van der Waals surface area contributed by atoms with Gasteiger partial charge in [-0.3, -0.25) is 9.59 Å². The van der Waals surface area contributed by atoms with Crippen molar-refractivity contribution in [3.05, 3.63) is 59.7 Å². The van der Waals surface area contributed by atoms with Crippen LogP contribution in [0.4, 0.5) is 0 Å². The first-order chi connectivity index (χ1) is 8.20. The SMILES string of the molecule is NC(=O)c1ccc(-c2ccc(C=O)cc2)cc1. The molecule has 0 saturated carbocycles. The molecule has 0 unspecified atom stereocenters. The van der Waals surface area contributed by atoms with Crippen molar-refractivity contribution in [1.29, 1.82) is 0 Å². The van der Waals surface area contributed by atoms with Gasteiger partial charge in [-0.15, -0.1) is 0 Å². The van der Waals surface area contributed by atoms with Crippen LogP contribution >= 0.6 is 0 Å². The molecule has 0 radical (unpaired) electrons. The Balaban J connectivity index is 2.32. The Morgan fingerprint density at radius 1 is 0.882 bits per heavy atom. The summed E-state index contributed by atoms with van der Waals surface area (Å²) in [5.41, 5.74) is 8.26. The van der Waals surface area contributed by atoms with Gasteiger partial charge in [0.2, 0.25) is 5.91 Å². The van der Waals surface area contributed by atoms with Gasteiger partial charge >= 0.3 is 0 Å². The Labute approximate surface area is 98.9 Å². The van der Waals surface area contributed by atoms with Gasteiger partial charge in [-0.2, -0.15) is 0 Å². The fourth-order valence-corrected chi connectivity index (χ4v) is 1.58. The van der Waals surface area contributed by atoms with Gasteiger partial charge in [0.15, 0.2) is 0 Å². The van der Waals surface area contributed by atoms with E-state index in [9.17, 15) is 9.59 Å². The van der Waals surface area contributed by atoms with E-state index in [-0.39, 0.29) is 0 Å². The maximum Gasteiger partial charge on any atom is 0.248 e. The van der Waals surface area contributed by atoms with Crippen molar-refractivity contribution in [3.63, 3.8) is 0 Å². The van der Waals surface area contributed by atoms with Crippen LogP contribution in [0.15, 0.2) is 48.5 Å².